The van der Waals surface area contributed by atoms with Crippen LogP contribution in [0, 0.1) is 12.7 Å². The van der Waals surface area contributed by atoms with E-state index in [0.29, 0.717) is 34.4 Å². The molecule has 3 heterocycles. The highest BCUT2D eigenvalue weighted by atomic mass is 19.1. The maximum atomic E-state index is 13.2. The van der Waals surface area contributed by atoms with Crippen molar-refractivity contribution in [2.75, 3.05) is 39.4 Å². The molecule has 0 spiro atoms. The van der Waals surface area contributed by atoms with Gasteiger partial charge in [-0.25, -0.2) is 9.37 Å². The third-order valence-corrected chi connectivity index (χ3v) is 4.82. The van der Waals surface area contributed by atoms with Gasteiger partial charge in [-0.2, -0.15) is 0 Å². The Morgan fingerprint density at radius 3 is 2.75 bits per heavy atom. The Bertz CT molecular complexity index is 981. The molecular formula is C20H21FN4O3. The molecule has 0 bridgehead atoms. The Balaban J connectivity index is 1.58. The van der Waals surface area contributed by atoms with Crippen LogP contribution in [0.25, 0.3) is 22.4 Å². The van der Waals surface area contributed by atoms with E-state index in [9.17, 15) is 9.18 Å². The lowest BCUT2D eigenvalue weighted by molar-refractivity contribution is 0.0383. The lowest BCUT2D eigenvalue weighted by atomic mass is 10.1. The molecule has 1 aliphatic heterocycles. The van der Waals surface area contributed by atoms with Gasteiger partial charge in [-0.3, -0.25) is 9.69 Å². The molecule has 7 nitrogen and oxygen atoms in total. The minimum atomic E-state index is -0.332. The number of carbonyl (C=O) groups is 1. The van der Waals surface area contributed by atoms with Crippen LogP contribution in [0.1, 0.15) is 16.1 Å². The van der Waals surface area contributed by atoms with Gasteiger partial charge in [0.05, 0.1) is 35.6 Å². The standard InChI is InChI=1S/C20H21FN4O3/c1-13-18-16(19(26)22-6-7-25-8-10-27-11-9-25)12-17(23-20(18)28-24-13)14-2-4-15(21)5-3-14/h2-5,12H,6-11H2,1H3,(H,22,26). The normalized spacial score (nSPS) is 15.1. The first-order valence-corrected chi connectivity index (χ1v) is 9.23. The predicted octanol–water partition coefficient (Wildman–Crippen LogP) is 2.40. The number of pyridine rings is 1. The van der Waals surface area contributed by atoms with Crippen LogP contribution in [-0.2, 0) is 4.74 Å². The monoisotopic (exact) mass is 384 g/mol. The molecule has 1 saturated heterocycles. The molecule has 4 rings (SSSR count). The number of morpholine rings is 1. The smallest absolute Gasteiger partial charge is 0.259 e. The number of aromatic nitrogens is 2. The molecule has 8 heteroatoms. The number of nitrogens with one attached hydrogen (secondary N) is 1. The molecule has 28 heavy (non-hydrogen) atoms. The first-order chi connectivity index (χ1) is 13.6. The average Bonchev–Trinajstić information content (AvgIpc) is 3.09. The van der Waals surface area contributed by atoms with Crippen molar-refractivity contribution in [3.63, 3.8) is 0 Å². The number of ether oxygens (including phenoxy) is 1. The maximum absolute atomic E-state index is 13.2. The van der Waals surface area contributed by atoms with E-state index >= 15 is 0 Å². The van der Waals surface area contributed by atoms with E-state index in [1.807, 2.05) is 0 Å². The van der Waals surface area contributed by atoms with Gasteiger partial charge in [0.1, 0.15) is 5.82 Å². The highest BCUT2D eigenvalue weighted by molar-refractivity contribution is 6.07. The summed E-state index contributed by atoms with van der Waals surface area (Å²) in [5, 5.41) is 7.50. The molecule has 0 atom stereocenters. The van der Waals surface area contributed by atoms with E-state index in [0.717, 1.165) is 32.8 Å². The Hall–Kier alpha value is -2.84. The minimum absolute atomic E-state index is 0.213. The Morgan fingerprint density at radius 2 is 2.00 bits per heavy atom. The largest absolute Gasteiger partial charge is 0.379 e. The first kappa shape index (κ1) is 18.5. The van der Waals surface area contributed by atoms with Crippen LogP contribution in [0.2, 0.25) is 0 Å². The topological polar surface area (TPSA) is 80.5 Å². The minimum Gasteiger partial charge on any atom is -0.379 e. The zero-order valence-corrected chi connectivity index (χ0v) is 15.6. The average molecular weight is 384 g/mol. The summed E-state index contributed by atoms with van der Waals surface area (Å²) in [6.07, 6.45) is 0. The van der Waals surface area contributed by atoms with Crippen molar-refractivity contribution in [2.24, 2.45) is 0 Å². The van der Waals surface area contributed by atoms with Crippen molar-refractivity contribution in [3.05, 3.63) is 47.4 Å². The van der Waals surface area contributed by atoms with Gasteiger partial charge in [0.2, 0.25) is 0 Å². The van der Waals surface area contributed by atoms with E-state index in [1.165, 1.54) is 12.1 Å². The molecule has 1 aliphatic rings. The number of hydrogen-bond acceptors (Lipinski definition) is 6. The molecule has 0 aliphatic carbocycles. The quantitative estimate of drug-likeness (QED) is 0.728. The summed E-state index contributed by atoms with van der Waals surface area (Å²) in [4.78, 5) is 19.6. The molecule has 0 radical (unpaired) electrons. The van der Waals surface area contributed by atoms with E-state index in [-0.39, 0.29) is 17.4 Å². The summed E-state index contributed by atoms with van der Waals surface area (Å²) < 4.78 is 23.9. The molecule has 1 amide bonds. The van der Waals surface area contributed by atoms with Gasteiger partial charge in [0, 0.05) is 31.7 Å². The van der Waals surface area contributed by atoms with Crippen LogP contribution >= 0.6 is 0 Å². The van der Waals surface area contributed by atoms with Crippen molar-refractivity contribution in [3.8, 4) is 11.3 Å². The predicted molar refractivity (Wildman–Crippen MR) is 102 cm³/mol. The van der Waals surface area contributed by atoms with Gasteiger partial charge in [-0.05, 0) is 37.3 Å². The Morgan fingerprint density at radius 1 is 1.25 bits per heavy atom. The van der Waals surface area contributed by atoms with E-state index in [2.05, 4.69) is 20.4 Å². The highest BCUT2D eigenvalue weighted by Gasteiger charge is 2.19. The van der Waals surface area contributed by atoms with Gasteiger partial charge >= 0.3 is 0 Å². The Kier molecular flexibility index (Phi) is 5.31. The maximum Gasteiger partial charge on any atom is 0.259 e. The van der Waals surface area contributed by atoms with E-state index in [4.69, 9.17) is 9.26 Å². The summed E-state index contributed by atoms with van der Waals surface area (Å²) in [5.41, 5.74) is 2.57. The summed E-state index contributed by atoms with van der Waals surface area (Å²) in [5.74, 6) is -0.545. The second-order valence-electron chi connectivity index (χ2n) is 6.72. The molecule has 146 valence electrons. The molecule has 1 fully saturated rings. The summed E-state index contributed by atoms with van der Waals surface area (Å²) in [6, 6.07) is 7.65. The Labute approximate surface area is 161 Å². The number of carbonyl (C=O) groups excluding carboxylic acids is 1. The third kappa shape index (κ3) is 3.88. The third-order valence-electron chi connectivity index (χ3n) is 4.82. The van der Waals surface area contributed by atoms with Crippen molar-refractivity contribution in [1.29, 1.82) is 0 Å². The molecule has 2 aromatic heterocycles. The van der Waals surface area contributed by atoms with Crippen molar-refractivity contribution in [1.82, 2.24) is 20.4 Å². The van der Waals surface area contributed by atoms with Crippen molar-refractivity contribution >= 4 is 17.0 Å². The van der Waals surface area contributed by atoms with Crippen LogP contribution < -0.4 is 5.32 Å². The lowest BCUT2D eigenvalue weighted by Crippen LogP contribution is -2.41. The van der Waals surface area contributed by atoms with Gasteiger partial charge in [-0.15, -0.1) is 0 Å². The van der Waals surface area contributed by atoms with Crippen LogP contribution in [0.5, 0.6) is 0 Å². The highest BCUT2D eigenvalue weighted by Crippen LogP contribution is 2.27. The number of benzene rings is 1. The number of halogens is 1. The first-order valence-electron chi connectivity index (χ1n) is 9.23. The van der Waals surface area contributed by atoms with E-state index in [1.54, 1.807) is 25.1 Å². The number of hydrogen-bond donors (Lipinski definition) is 1. The van der Waals surface area contributed by atoms with Crippen molar-refractivity contribution < 1.29 is 18.4 Å². The molecule has 0 saturated carbocycles. The second kappa shape index (κ2) is 8.04. The fourth-order valence-electron chi connectivity index (χ4n) is 3.29. The zero-order chi connectivity index (χ0) is 19.5. The van der Waals surface area contributed by atoms with E-state index < -0.39 is 0 Å². The van der Waals surface area contributed by atoms with Crippen LogP contribution in [0.3, 0.4) is 0 Å². The number of rotatable bonds is 5. The number of fused-ring (bicyclic) bond motifs is 1. The van der Waals surface area contributed by atoms with Crippen LogP contribution in [0.4, 0.5) is 4.39 Å². The second-order valence-corrected chi connectivity index (χ2v) is 6.72. The van der Waals surface area contributed by atoms with Gasteiger partial charge in [0.25, 0.3) is 11.6 Å². The van der Waals surface area contributed by atoms with Crippen LogP contribution in [0.15, 0.2) is 34.9 Å². The molecule has 0 unspecified atom stereocenters. The summed E-state index contributed by atoms with van der Waals surface area (Å²) >= 11 is 0. The lowest BCUT2D eigenvalue weighted by Gasteiger charge is -2.26. The van der Waals surface area contributed by atoms with Gasteiger partial charge in [-0.1, -0.05) is 5.16 Å². The number of nitrogens with zero attached hydrogens (tertiary/aromatic N) is 3. The molecule has 1 N–H and O–H groups in total. The fraction of sp³-hybridized carbons (Fsp3) is 0.350. The van der Waals surface area contributed by atoms with Gasteiger partial charge in [0.15, 0.2) is 0 Å². The van der Waals surface area contributed by atoms with Gasteiger partial charge < -0.3 is 14.6 Å². The molecular weight excluding hydrogens is 363 g/mol. The fourth-order valence-corrected chi connectivity index (χ4v) is 3.29. The van der Waals surface area contributed by atoms with Crippen LogP contribution in [-0.4, -0.2) is 60.3 Å². The SMILES string of the molecule is Cc1noc2nc(-c3ccc(F)cc3)cc(C(=O)NCCN3CCOCC3)c12. The number of aryl methyl sites for hydroxylation is 1. The molecule has 3 aromatic rings. The zero-order valence-electron chi connectivity index (χ0n) is 15.6. The summed E-state index contributed by atoms with van der Waals surface area (Å²) in [7, 11) is 0. The summed E-state index contributed by atoms with van der Waals surface area (Å²) in [6.45, 7) is 6.24. The molecule has 1 aromatic carbocycles. The van der Waals surface area contributed by atoms with Crippen molar-refractivity contribution in [2.45, 2.75) is 6.92 Å². The number of amides is 1.